The molecule has 2 fully saturated rings. The lowest BCUT2D eigenvalue weighted by atomic mass is 10.1. The molecule has 144 valence electrons. The van der Waals surface area contributed by atoms with Gasteiger partial charge in [0, 0.05) is 45.1 Å². The number of piperidine rings is 1. The summed E-state index contributed by atoms with van der Waals surface area (Å²) in [4.78, 5) is 17.0. The van der Waals surface area contributed by atoms with Gasteiger partial charge in [-0.2, -0.15) is 0 Å². The molecule has 0 aromatic heterocycles. The number of carbonyl (C=O) groups is 1. The number of morpholine rings is 1. The van der Waals surface area contributed by atoms with Gasteiger partial charge in [-0.05, 0) is 32.4 Å². The molecule has 1 unspecified atom stereocenters. The zero-order chi connectivity index (χ0) is 18.5. The van der Waals surface area contributed by atoms with Crippen LogP contribution in [0.15, 0.2) is 24.3 Å². The predicted molar refractivity (Wildman–Crippen MR) is 102 cm³/mol. The summed E-state index contributed by atoms with van der Waals surface area (Å²) in [6, 6.07) is 8.63. The van der Waals surface area contributed by atoms with Gasteiger partial charge in [-0.25, -0.2) is 0 Å². The number of benzene rings is 1. The van der Waals surface area contributed by atoms with E-state index in [-0.39, 0.29) is 18.1 Å². The van der Waals surface area contributed by atoms with Gasteiger partial charge in [-0.15, -0.1) is 0 Å². The molecule has 1 aromatic carbocycles. The Bertz CT molecular complexity index is 597. The first-order valence-electron chi connectivity index (χ1n) is 9.88. The Morgan fingerprint density at radius 2 is 1.96 bits per heavy atom. The van der Waals surface area contributed by atoms with E-state index in [2.05, 4.69) is 31.7 Å². The number of hydrogen-bond donors (Lipinski definition) is 0. The highest BCUT2D eigenvalue weighted by Crippen LogP contribution is 2.23. The maximum Gasteiger partial charge on any atom is 0.225 e. The normalized spacial score (nSPS) is 22.6. The van der Waals surface area contributed by atoms with E-state index in [1.807, 2.05) is 23.1 Å². The van der Waals surface area contributed by atoms with Crippen LogP contribution in [-0.4, -0.2) is 66.7 Å². The molecule has 2 heterocycles. The molecule has 0 N–H and O–H groups in total. The van der Waals surface area contributed by atoms with E-state index >= 15 is 0 Å². The van der Waals surface area contributed by atoms with Crippen molar-refractivity contribution in [2.75, 3.05) is 32.8 Å². The van der Waals surface area contributed by atoms with E-state index < -0.39 is 0 Å². The summed E-state index contributed by atoms with van der Waals surface area (Å²) in [7, 11) is 0. The van der Waals surface area contributed by atoms with Crippen LogP contribution in [0, 0.1) is 6.92 Å². The zero-order valence-corrected chi connectivity index (χ0v) is 16.3. The van der Waals surface area contributed by atoms with Crippen molar-refractivity contribution in [2.45, 2.75) is 58.3 Å². The molecule has 5 heteroatoms. The average Bonchev–Trinajstić information content (AvgIpc) is 2.64. The fraction of sp³-hybridized carbons (Fsp3) is 0.667. The van der Waals surface area contributed by atoms with E-state index in [1.54, 1.807) is 0 Å². The number of para-hydroxylation sites is 1. The first-order chi connectivity index (χ1) is 12.5. The molecule has 0 aliphatic carbocycles. The number of hydrogen-bond acceptors (Lipinski definition) is 4. The molecule has 2 aliphatic rings. The topological polar surface area (TPSA) is 42.0 Å². The number of aryl methyl sites for hydroxylation is 1. The van der Waals surface area contributed by atoms with Crippen molar-refractivity contribution in [3.05, 3.63) is 29.8 Å². The van der Waals surface area contributed by atoms with Crippen LogP contribution < -0.4 is 4.74 Å². The molecular weight excluding hydrogens is 328 g/mol. The number of amides is 1. The van der Waals surface area contributed by atoms with Gasteiger partial charge < -0.3 is 14.4 Å². The van der Waals surface area contributed by atoms with Crippen molar-refractivity contribution in [1.82, 2.24) is 9.80 Å². The van der Waals surface area contributed by atoms with Crippen molar-refractivity contribution in [2.24, 2.45) is 0 Å². The van der Waals surface area contributed by atoms with E-state index in [0.29, 0.717) is 12.5 Å². The van der Waals surface area contributed by atoms with Crippen molar-refractivity contribution < 1.29 is 14.3 Å². The van der Waals surface area contributed by atoms with Crippen molar-refractivity contribution in [3.63, 3.8) is 0 Å². The van der Waals surface area contributed by atoms with Gasteiger partial charge in [0.15, 0.2) is 0 Å². The molecule has 26 heavy (non-hydrogen) atoms. The van der Waals surface area contributed by atoms with Crippen molar-refractivity contribution in [1.29, 1.82) is 0 Å². The van der Waals surface area contributed by atoms with E-state index in [9.17, 15) is 4.79 Å². The number of nitrogens with zero attached hydrogens (tertiary/aromatic N) is 2. The van der Waals surface area contributed by atoms with Crippen LogP contribution in [0.3, 0.4) is 0 Å². The van der Waals surface area contributed by atoms with Gasteiger partial charge in [0.2, 0.25) is 5.91 Å². The fourth-order valence-corrected chi connectivity index (χ4v) is 3.75. The van der Waals surface area contributed by atoms with Crippen LogP contribution >= 0.6 is 0 Å². The number of rotatable bonds is 5. The van der Waals surface area contributed by atoms with Crippen LogP contribution in [0.4, 0.5) is 0 Å². The third-order valence-corrected chi connectivity index (χ3v) is 5.48. The number of likely N-dealkylation sites (tertiary alicyclic amines) is 1. The second kappa shape index (κ2) is 8.87. The Morgan fingerprint density at radius 3 is 2.65 bits per heavy atom. The number of carbonyl (C=O) groups excluding carboxylic acids is 1. The van der Waals surface area contributed by atoms with Crippen LogP contribution in [0.25, 0.3) is 0 Å². The van der Waals surface area contributed by atoms with Gasteiger partial charge in [0.25, 0.3) is 0 Å². The maximum atomic E-state index is 12.6. The highest BCUT2D eigenvalue weighted by molar-refractivity contribution is 5.76. The molecule has 0 spiro atoms. The minimum Gasteiger partial charge on any atom is -0.490 e. The Hall–Kier alpha value is -1.59. The Morgan fingerprint density at radius 1 is 1.23 bits per heavy atom. The summed E-state index contributed by atoms with van der Waals surface area (Å²) in [6.45, 7) is 10.6. The SMILES string of the molecule is Cc1ccccc1OC1CCN(C(=O)CC2CN(C(C)C)CCO2)CC1. The standard InChI is InChI=1S/C21H32N2O3/c1-16(2)23-12-13-25-19(15-23)14-21(24)22-10-8-18(9-11-22)26-20-7-5-4-6-17(20)3/h4-7,16,18-19H,8-15H2,1-3H3. The smallest absolute Gasteiger partial charge is 0.225 e. The molecule has 0 saturated carbocycles. The molecule has 0 radical (unpaired) electrons. The minimum absolute atomic E-state index is 0.0274. The quantitative estimate of drug-likeness (QED) is 0.810. The van der Waals surface area contributed by atoms with Crippen LogP contribution in [0.1, 0.15) is 38.7 Å². The first-order valence-corrected chi connectivity index (χ1v) is 9.88. The van der Waals surface area contributed by atoms with Gasteiger partial charge in [0.1, 0.15) is 11.9 Å². The average molecular weight is 360 g/mol. The van der Waals surface area contributed by atoms with Crippen molar-refractivity contribution >= 4 is 5.91 Å². The molecule has 2 aliphatic heterocycles. The lowest BCUT2D eigenvalue weighted by Crippen LogP contribution is -2.48. The molecule has 1 aromatic rings. The fourth-order valence-electron chi connectivity index (χ4n) is 3.75. The molecular formula is C21H32N2O3. The molecule has 1 atom stereocenters. The second-order valence-electron chi connectivity index (χ2n) is 7.75. The first kappa shape index (κ1) is 19.2. The Kier molecular flexibility index (Phi) is 6.54. The van der Waals surface area contributed by atoms with Gasteiger partial charge >= 0.3 is 0 Å². The minimum atomic E-state index is 0.0274. The summed E-state index contributed by atoms with van der Waals surface area (Å²) in [5.74, 6) is 1.18. The van der Waals surface area contributed by atoms with E-state index in [0.717, 1.165) is 56.9 Å². The second-order valence-corrected chi connectivity index (χ2v) is 7.75. The number of ether oxygens (including phenoxy) is 2. The molecule has 0 bridgehead atoms. The summed E-state index contributed by atoms with van der Waals surface area (Å²) in [6.07, 6.45) is 2.50. The van der Waals surface area contributed by atoms with Crippen molar-refractivity contribution in [3.8, 4) is 5.75 Å². The monoisotopic (exact) mass is 360 g/mol. The highest BCUT2D eigenvalue weighted by Gasteiger charge is 2.29. The predicted octanol–water partition coefficient (Wildman–Crippen LogP) is 2.86. The summed E-state index contributed by atoms with van der Waals surface area (Å²) in [5, 5.41) is 0. The van der Waals surface area contributed by atoms with Gasteiger partial charge in [-0.1, -0.05) is 18.2 Å². The summed E-state index contributed by atoms with van der Waals surface area (Å²) < 4.78 is 12.0. The molecule has 2 saturated heterocycles. The summed E-state index contributed by atoms with van der Waals surface area (Å²) >= 11 is 0. The summed E-state index contributed by atoms with van der Waals surface area (Å²) in [5.41, 5.74) is 1.16. The Balaban J connectivity index is 1.44. The van der Waals surface area contributed by atoms with Crippen LogP contribution in [-0.2, 0) is 9.53 Å². The Labute approximate surface area is 157 Å². The molecule has 5 nitrogen and oxygen atoms in total. The van der Waals surface area contributed by atoms with E-state index in [1.165, 1.54) is 0 Å². The largest absolute Gasteiger partial charge is 0.490 e. The van der Waals surface area contributed by atoms with Crippen LogP contribution in [0.5, 0.6) is 5.75 Å². The molecule has 1 amide bonds. The van der Waals surface area contributed by atoms with Crippen LogP contribution in [0.2, 0.25) is 0 Å². The lowest BCUT2D eigenvalue weighted by molar-refractivity contribution is -0.138. The lowest BCUT2D eigenvalue weighted by Gasteiger charge is -2.37. The third-order valence-electron chi connectivity index (χ3n) is 5.48. The van der Waals surface area contributed by atoms with Gasteiger partial charge in [0.05, 0.1) is 19.1 Å². The van der Waals surface area contributed by atoms with E-state index in [4.69, 9.17) is 9.47 Å². The third kappa shape index (κ3) is 4.98. The molecule has 3 rings (SSSR count). The van der Waals surface area contributed by atoms with Gasteiger partial charge in [-0.3, -0.25) is 9.69 Å². The maximum absolute atomic E-state index is 12.6. The highest BCUT2D eigenvalue weighted by atomic mass is 16.5. The zero-order valence-electron chi connectivity index (χ0n) is 16.3.